The first-order valence-corrected chi connectivity index (χ1v) is 15.0. The molecule has 9 N–H and O–H groups in total. The Balaban J connectivity index is 1.55. The SMILES string of the molecule is NS(=O)(=O)NCCN1CCN(C(=O)NC(C(=O)N[C@H]2Cc3ccc(F)c(C(=O)O)c3OB2O)c2ccc(O)c(O)c2Cl)C(=O)C1=O. The largest absolute Gasteiger partial charge is 0.547 e. The Bertz CT molecular complexity index is 1730. The summed E-state index contributed by atoms with van der Waals surface area (Å²) in [6.45, 7) is -1.17. The predicted octanol–water partition coefficient (Wildman–Crippen LogP) is -2.06. The van der Waals surface area contributed by atoms with Crippen LogP contribution in [0.15, 0.2) is 24.3 Å². The average molecular weight is 687 g/mol. The van der Waals surface area contributed by atoms with Crippen molar-refractivity contribution in [2.45, 2.75) is 18.4 Å². The molecule has 2 atom stereocenters. The number of nitrogens with zero attached hydrogens (tertiary/aromatic N) is 2. The van der Waals surface area contributed by atoms with Crippen LogP contribution in [0.25, 0.3) is 0 Å². The fraction of sp³-hybridized carbons (Fsp3) is 0.292. The van der Waals surface area contributed by atoms with Crippen LogP contribution in [0, 0.1) is 5.82 Å². The summed E-state index contributed by atoms with van der Waals surface area (Å²) >= 11 is 6.15. The number of aromatic hydroxyl groups is 2. The molecule has 2 aromatic rings. The molecule has 1 saturated heterocycles. The molecule has 246 valence electrons. The molecule has 4 rings (SSSR count). The van der Waals surface area contributed by atoms with E-state index in [1.165, 1.54) is 6.07 Å². The first kappa shape index (κ1) is 34.2. The van der Waals surface area contributed by atoms with Crippen LogP contribution in [0.3, 0.4) is 0 Å². The Morgan fingerprint density at radius 3 is 2.50 bits per heavy atom. The number of carbonyl (C=O) groups excluding carboxylic acids is 4. The molecule has 5 amide bonds. The van der Waals surface area contributed by atoms with Gasteiger partial charge in [0.1, 0.15) is 23.2 Å². The van der Waals surface area contributed by atoms with Crippen molar-refractivity contribution in [3.8, 4) is 17.2 Å². The Morgan fingerprint density at radius 1 is 1.15 bits per heavy atom. The van der Waals surface area contributed by atoms with Gasteiger partial charge in [0, 0.05) is 31.7 Å². The summed E-state index contributed by atoms with van der Waals surface area (Å²) < 4.78 is 43.4. The van der Waals surface area contributed by atoms with E-state index in [1.807, 2.05) is 4.72 Å². The van der Waals surface area contributed by atoms with Gasteiger partial charge in [-0.15, -0.1) is 0 Å². The van der Waals surface area contributed by atoms with E-state index in [2.05, 4.69) is 10.6 Å². The van der Waals surface area contributed by atoms with E-state index in [9.17, 15) is 57.1 Å². The summed E-state index contributed by atoms with van der Waals surface area (Å²) in [6, 6.07) is 0.946. The number of carboxylic acid groups (broad SMARTS) is 1. The van der Waals surface area contributed by atoms with Gasteiger partial charge in [0.25, 0.3) is 10.2 Å². The smallest absolute Gasteiger partial charge is 0.534 e. The standard InChI is InChI=1S/C24H25BClFN6O12S/c26-16-11(2-4-13(34)18(16)35)17(31-24(41)33-8-7-32(21(37)22(33)38)6-5-29-46(28,43)44)20(36)30-14-9-10-1-3-12(27)15(23(39)40)19(10)45-25(14)42/h1-4,14,17,29,34-35,42H,5-9H2,(H,30,36)(H,31,41)(H,39,40)(H2,28,43,44)/t14-,17?/m0/s1. The van der Waals surface area contributed by atoms with Crippen LogP contribution in [-0.4, -0.2) is 108 Å². The molecule has 2 heterocycles. The van der Waals surface area contributed by atoms with Crippen molar-refractivity contribution in [3.05, 3.63) is 51.8 Å². The van der Waals surface area contributed by atoms with E-state index in [-0.39, 0.29) is 43.7 Å². The van der Waals surface area contributed by atoms with Gasteiger partial charge in [-0.05, 0) is 24.1 Å². The third kappa shape index (κ3) is 7.23. The molecule has 0 bridgehead atoms. The van der Waals surface area contributed by atoms with E-state index in [0.29, 0.717) is 4.90 Å². The van der Waals surface area contributed by atoms with Crippen LogP contribution in [0.5, 0.6) is 17.2 Å². The average Bonchev–Trinajstić information content (AvgIpc) is 2.97. The highest BCUT2D eigenvalue weighted by Gasteiger charge is 2.42. The fourth-order valence-corrected chi connectivity index (χ4v) is 5.35. The Morgan fingerprint density at radius 2 is 1.85 bits per heavy atom. The first-order valence-electron chi connectivity index (χ1n) is 13.1. The van der Waals surface area contributed by atoms with Crippen molar-refractivity contribution in [1.82, 2.24) is 25.2 Å². The van der Waals surface area contributed by atoms with Crippen molar-refractivity contribution >= 4 is 58.7 Å². The second kappa shape index (κ2) is 13.3. The van der Waals surface area contributed by atoms with Gasteiger partial charge < -0.3 is 40.5 Å². The number of phenolic OH excluding ortho intramolecular Hbond substituents is 2. The Labute approximate surface area is 264 Å². The summed E-state index contributed by atoms with van der Waals surface area (Å²) in [5.41, 5.74) is -1.02. The van der Waals surface area contributed by atoms with Gasteiger partial charge in [0.2, 0.25) is 5.91 Å². The highest BCUT2D eigenvalue weighted by molar-refractivity contribution is 7.87. The van der Waals surface area contributed by atoms with Crippen LogP contribution in [0.2, 0.25) is 5.02 Å². The Hall–Kier alpha value is -4.70. The number of rotatable bonds is 9. The molecule has 0 aliphatic carbocycles. The molecule has 22 heteroatoms. The lowest BCUT2D eigenvalue weighted by molar-refractivity contribution is -0.153. The van der Waals surface area contributed by atoms with Crippen LogP contribution in [-0.2, 0) is 31.0 Å². The van der Waals surface area contributed by atoms with Crippen molar-refractivity contribution in [3.63, 3.8) is 0 Å². The quantitative estimate of drug-likeness (QED) is 0.0804. The first-order chi connectivity index (χ1) is 21.5. The zero-order valence-corrected chi connectivity index (χ0v) is 24.8. The summed E-state index contributed by atoms with van der Waals surface area (Å²) in [4.78, 5) is 65.1. The molecule has 46 heavy (non-hydrogen) atoms. The van der Waals surface area contributed by atoms with E-state index < -0.39 is 92.7 Å². The zero-order valence-electron chi connectivity index (χ0n) is 23.3. The lowest BCUT2D eigenvalue weighted by Gasteiger charge is -2.34. The Kier molecular flexibility index (Phi) is 9.92. The highest BCUT2D eigenvalue weighted by atomic mass is 35.5. The van der Waals surface area contributed by atoms with Crippen molar-refractivity contribution < 1.29 is 61.8 Å². The number of urea groups is 1. The van der Waals surface area contributed by atoms with Gasteiger partial charge in [0.15, 0.2) is 11.5 Å². The molecular weight excluding hydrogens is 662 g/mol. The number of fused-ring (bicyclic) bond motifs is 1. The number of carbonyl (C=O) groups is 5. The number of benzene rings is 2. The number of imide groups is 1. The monoisotopic (exact) mass is 686 g/mol. The van der Waals surface area contributed by atoms with Gasteiger partial charge in [-0.1, -0.05) is 23.7 Å². The molecule has 2 aromatic carbocycles. The van der Waals surface area contributed by atoms with Gasteiger partial charge in [-0.2, -0.15) is 8.42 Å². The number of nitrogens with two attached hydrogens (primary N) is 1. The van der Waals surface area contributed by atoms with Crippen molar-refractivity contribution in [2.24, 2.45) is 5.14 Å². The minimum absolute atomic E-state index is 0.108. The molecular formula is C24H25BClFN6O12S. The molecule has 1 fully saturated rings. The summed E-state index contributed by atoms with van der Waals surface area (Å²) in [5, 5.41) is 48.7. The van der Waals surface area contributed by atoms with E-state index in [4.69, 9.17) is 21.4 Å². The molecule has 18 nitrogen and oxygen atoms in total. The van der Waals surface area contributed by atoms with Crippen LogP contribution < -0.4 is 25.1 Å². The van der Waals surface area contributed by atoms with Crippen LogP contribution in [0.4, 0.5) is 9.18 Å². The molecule has 0 aromatic heterocycles. The van der Waals surface area contributed by atoms with Crippen LogP contribution in [0.1, 0.15) is 27.5 Å². The van der Waals surface area contributed by atoms with Gasteiger partial charge in [-0.3, -0.25) is 19.3 Å². The van der Waals surface area contributed by atoms with Crippen LogP contribution >= 0.6 is 11.6 Å². The normalized spacial score (nSPS) is 17.2. The number of hydrogen-bond acceptors (Lipinski definition) is 11. The lowest BCUT2D eigenvalue weighted by atomic mass is 9.72. The maximum Gasteiger partial charge on any atom is 0.547 e. The van der Waals surface area contributed by atoms with E-state index in [1.54, 1.807) is 0 Å². The van der Waals surface area contributed by atoms with E-state index >= 15 is 0 Å². The molecule has 0 saturated carbocycles. The van der Waals surface area contributed by atoms with Gasteiger partial charge >= 0.3 is 30.9 Å². The second-order valence-electron chi connectivity index (χ2n) is 9.95. The van der Waals surface area contributed by atoms with Crippen molar-refractivity contribution in [1.29, 1.82) is 0 Å². The number of hydrogen-bond donors (Lipinski definition) is 8. The zero-order chi connectivity index (χ0) is 34.1. The number of amides is 5. The number of nitrogens with one attached hydrogen (secondary N) is 3. The minimum atomic E-state index is -4.07. The topological polar surface area (TPSA) is 278 Å². The number of aromatic carboxylic acids is 1. The molecule has 1 unspecified atom stereocenters. The number of carboxylic acids is 1. The third-order valence-electron chi connectivity index (χ3n) is 6.96. The van der Waals surface area contributed by atoms with E-state index in [0.717, 1.165) is 23.1 Å². The number of piperazine rings is 1. The minimum Gasteiger partial charge on any atom is -0.534 e. The molecule has 0 radical (unpaired) electrons. The third-order valence-corrected chi connectivity index (χ3v) is 7.96. The van der Waals surface area contributed by atoms with Gasteiger partial charge in [0.05, 0.1) is 11.0 Å². The number of halogens is 2. The summed E-state index contributed by atoms with van der Waals surface area (Å²) in [5.74, 6) is -9.70. The molecule has 0 spiro atoms. The highest BCUT2D eigenvalue weighted by Crippen LogP contribution is 2.38. The van der Waals surface area contributed by atoms with Crippen molar-refractivity contribution in [2.75, 3.05) is 26.2 Å². The maximum absolute atomic E-state index is 14.1. The molecule has 2 aliphatic heterocycles. The van der Waals surface area contributed by atoms with Gasteiger partial charge in [-0.25, -0.2) is 23.8 Å². The maximum atomic E-state index is 14.1. The second-order valence-corrected chi connectivity index (χ2v) is 11.7. The predicted molar refractivity (Wildman–Crippen MR) is 153 cm³/mol. The summed E-state index contributed by atoms with van der Waals surface area (Å²) in [6.07, 6.45) is -0.271. The summed E-state index contributed by atoms with van der Waals surface area (Å²) in [7, 11) is -5.98. The molecule has 2 aliphatic rings. The fourth-order valence-electron chi connectivity index (χ4n) is 4.71. The number of phenols is 2. The lowest BCUT2D eigenvalue weighted by Crippen LogP contribution is -2.60.